The maximum atomic E-state index is 12.4. The second-order valence-corrected chi connectivity index (χ2v) is 3.99. The Hall–Kier alpha value is -1.44. The van der Waals surface area contributed by atoms with Crippen LogP contribution in [-0.4, -0.2) is 17.6 Å². The molecule has 1 aromatic rings. The number of alkyl halides is 3. The van der Waals surface area contributed by atoms with Gasteiger partial charge in [-0.25, -0.2) is 0 Å². The number of amidine groups is 1. The van der Waals surface area contributed by atoms with E-state index in [9.17, 15) is 13.2 Å². The maximum absolute atomic E-state index is 12.4. The van der Waals surface area contributed by atoms with Crippen LogP contribution >= 0.6 is 15.9 Å². The SMILES string of the molecule is N/C(CNc1cc(C(F)(F)F)ccc1Br)=N/O. The highest BCUT2D eigenvalue weighted by Gasteiger charge is 2.30. The van der Waals surface area contributed by atoms with E-state index < -0.39 is 11.7 Å². The van der Waals surface area contributed by atoms with Crippen LogP contribution in [-0.2, 0) is 6.18 Å². The molecule has 0 unspecified atom stereocenters. The second kappa shape index (κ2) is 5.26. The molecule has 0 spiro atoms. The molecule has 0 saturated carbocycles. The molecule has 0 aliphatic heterocycles. The van der Waals surface area contributed by atoms with Crippen LogP contribution < -0.4 is 11.1 Å². The quantitative estimate of drug-likeness (QED) is 0.348. The average molecular weight is 312 g/mol. The predicted molar refractivity (Wildman–Crippen MR) is 61.0 cm³/mol. The highest BCUT2D eigenvalue weighted by atomic mass is 79.9. The molecule has 0 amide bonds. The van der Waals surface area contributed by atoms with Gasteiger partial charge in [0.15, 0.2) is 5.84 Å². The molecule has 0 saturated heterocycles. The van der Waals surface area contributed by atoms with Crippen molar-refractivity contribution >= 4 is 27.5 Å². The van der Waals surface area contributed by atoms with E-state index in [0.717, 1.165) is 12.1 Å². The summed E-state index contributed by atoms with van der Waals surface area (Å²) in [6.07, 6.45) is -4.41. The Bertz CT molecular complexity index is 434. The predicted octanol–water partition coefficient (Wildman–Crippen LogP) is 2.63. The van der Waals surface area contributed by atoms with Gasteiger partial charge in [-0.05, 0) is 34.1 Å². The molecule has 4 N–H and O–H groups in total. The van der Waals surface area contributed by atoms with Crippen LogP contribution in [0.4, 0.5) is 18.9 Å². The van der Waals surface area contributed by atoms with E-state index in [1.54, 1.807) is 0 Å². The third-order valence-electron chi connectivity index (χ3n) is 1.88. The number of hydrogen-bond acceptors (Lipinski definition) is 3. The van der Waals surface area contributed by atoms with Crippen molar-refractivity contribution in [2.24, 2.45) is 10.9 Å². The molecule has 8 heteroatoms. The minimum absolute atomic E-state index is 0.0591. The van der Waals surface area contributed by atoms with Gasteiger partial charge >= 0.3 is 6.18 Å². The first-order valence-corrected chi connectivity index (χ1v) is 5.21. The molecule has 1 rings (SSSR count). The summed E-state index contributed by atoms with van der Waals surface area (Å²) >= 11 is 3.10. The zero-order valence-electron chi connectivity index (χ0n) is 8.42. The highest BCUT2D eigenvalue weighted by molar-refractivity contribution is 9.10. The molecule has 0 atom stereocenters. The third kappa shape index (κ3) is 3.81. The Morgan fingerprint density at radius 2 is 2.12 bits per heavy atom. The fourth-order valence-corrected chi connectivity index (χ4v) is 1.45. The van der Waals surface area contributed by atoms with E-state index in [0.29, 0.717) is 4.47 Å². The zero-order chi connectivity index (χ0) is 13.1. The molecule has 17 heavy (non-hydrogen) atoms. The standard InChI is InChI=1S/C9H9BrF3N3O/c10-6-2-1-5(9(11,12)13)3-7(6)15-4-8(14)16-17/h1-3,15,17H,4H2,(H2,14,16). The van der Waals surface area contributed by atoms with E-state index in [-0.39, 0.29) is 18.1 Å². The molecule has 94 valence electrons. The Labute approximate surface area is 103 Å². The molecule has 0 radical (unpaired) electrons. The lowest BCUT2D eigenvalue weighted by Gasteiger charge is -2.12. The van der Waals surface area contributed by atoms with E-state index in [1.165, 1.54) is 6.07 Å². The Morgan fingerprint density at radius 1 is 1.47 bits per heavy atom. The zero-order valence-corrected chi connectivity index (χ0v) is 10.0. The second-order valence-electron chi connectivity index (χ2n) is 3.14. The summed E-state index contributed by atoms with van der Waals surface area (Å²) in [5.74, 6) is -0.130. The topological polar surface area (TPSA) is 70.6 Å². The lowest BCUT2D eigenvalue weighted by atomic mass is 10.2. The largest absolute Gasteiger partial charge is 0.416 e. The van der Waals surface area contributed by atoms with Crippen molar-refractivity contribution in [3.8, 4) is 0 Å². The Kier molecular flexibility index (Phi) is 4.22. The number of nitrogens with one attached hydrogen (secondary N) is 1. The van der Waals surface area contributed by atoms with E-state index in [4.69, 9.17) is 10.9 Å². The van der Waals surface area contributed by atoms with E-state index >= 15 is 0 Å². The van der Waals surface area contributed by atoms with Gasteiger partial charge in [-0.3, -0.25) is 0 Å². The van der Waals surface area contributed by atoms with Gasteiger partial charge in [0.2, 0.25) is 0 Å². The normalized spacial score (nSPS) is 12.6. The van der Waals surface area contributed by atoms with Crippen molar-refractivity contribution in [1.29, 1.82) is 0 Å². The van der Waals surface area contributed by atoms with Crippen molar-refractivity contribution in [3.63, 3.8) is 0 Å². The van der Waals surface area contributed by atoms with Gasteiger partial charge in [0, 0.05) is 10.2 Å². The van der Waals surface area contributed by atoms with Gasteiger partial charge in [0.1, 0.15) is 0 Å². The fourth-order valence-electron chi connectivity index (χ4n) is 1.06. The van der Waals surface area contributed by atoms with Crippen molar-refractivity contribution in [2.75, 3.05) is 11.9 Å². The molecular formula is C9H9BrF3N3O. The molecular weight excluding hydrogens is 303 g/mol. The van der Waals surface area contributed by atoms with E-state index in [2.05, 4.69) is 26.4 Å². The van der Waals surface area contributed by atoms with Crippen LogP contribution in [0.5, 0.6) is 0 Å². The minimum Gasteiger partial charge on any atom is -0.409 e. The van der Waals surface area contributed by atoms with E-state index in [1.807, 2.05) is 0 Å². The van der Waals surface area contributed by atoms with Gasteiger partial charge < -0.3 is 16.3 Å². The first kappa shape index (κ1) is 13.6. The summed E-state index contributed by atoms with van der Waals surface area (Å²) in [6.45, 7) is -0.0591. The molecule has 0 heterocycles. The number of benzene rings is 1. The van der Waals surface area contributed by atoms with Gasteiger partial charge in [-0.2, -0.15) is 13.2 Å². The summed E-state index contributed by atoms with van der Waals surface area (Å²) in [6, 6.07) is 3.17. The number of nitrogens with two attached hydrogens (primary N) is 1. The first-order chi connectivity index (χ1) is 7.84. The number of oxime groups is 1. The average Bonchev–Trinajstić information content (AvgIpc) is 2.26. The molecule has 0 aliphatic carbocycles. The van der Waals surface area contributed by atoms with Crippen LogP contribution in [0.15, 0.2) is 27.8 Å². The van der Waals surface area contributed by atoms with Crippen LogP contribution in [0, 0.1) is 0 Å². The van der Waals surface area contributed by atoms with Crippen molar-refractivity contribution in [1.82, 2.24) is 0 Å². The van der Waals surface area contributed by atoms with Crippen LogP contribution in [0.25, 0.3) is 0 Å². The number of nitrogens with zero attached hydrogens (tertiary/aromatic N) is 1. The fraction of sp³-hybridized carbons (Fsp3) is 0.222. The van der Waals surface area contributed by atoms with Crippen LogP contribution in [0.3, 0.4) is 0 Å². The monoisotopic (exact) mass is 311 g/mol. The Balaban J connectivity index is 2.91. The smallest absolute Gasteiger partial charge is 0.409 e. The minimum atomic E-state index is -4.41. The molecule has 4 nitrogen and oxygen atoms in total. The first-order valence-electron chi connectivity index (χ1n) is 4.41. The van der Waals surface area contributed by atoms with Gasteiger partial charge in [0.25, 0.3) is 0 Å². The molecule has 0 fully saturated rings. The van der Waals surface area contributed by atoms with Crippen molar-refractivity contribution < 1.29 is 18.4 Å². The summed E-state index contributed by atoms with van der Waals surface area (Å²) in [5, 5.41) is 13.6. The highest BCUT2D eigenvalue weighted by Crippen LogP contribution is 2.33. The summed E-state index contributed by atoms with van der Waals surface area (Å²) in [5.41, 5.74) is 4.63. The summed E-state index contributed by atoms with van der Waals surface area (Å²) < 4.78 is 37.8. The maximum Gasteiger partial charge on any atom is 0.416 e. The van der Waals surface area contributed by atoms with Crippen LogP contribution in [0.1, 0.15) is 5.56 Å². The molecule has 0 aliphatic rings. The van der Waals surface area contributed by atoms with Crippen molar-refractivity contribution in [3.05, 3.63) is 28.2 Å². The summed E-state index contributed by atoms with van der Waals surface area (Å²) in [4.78, 5) is 0. The van der Waals surface area contributed by atoms with Crippen LogP contribution in [0.2, 0.25) is 0 Å². The third-order valence-corrected chi connectivity index (χ3v) is 2.57. The number of hydrogen-bond donors (Lipinski definition) is 3. The number of halogens is 4. The van der Waals surface area contributed by atoms with Gasteiger partial charge in [0.05, 0.1) is 12.1 Å². The lowest BCUT2D eigenvalue weighted by molar-refractivity contribution is -0.137. The Morgan fingerprint density at radius 3 is 2.65 bits per heavy atom. The molecule has 1 aromatic carbocycles. The van der Waals surface area contributed by atoms with Gasteiger partial charge in [-0.1, -0.05) is 5.16 Å². The molecule has 0 aromatic heterocycles. The number of anilines is 1. The number of rotatable bonds is 3. The van der Waals surface area contributed by atoms with Crippen molar-refractivity contribution in [2.45, 2.75) is 6.18 Å². The van der Waals surface area contributed by atoms with Gasteiger partial charge in [-0.15, -0.1) is 0 Å². The lowest BCUT2D eigenvalue weighted by Crippen LogP contribution is -2.22. The molecule has 0 bridgehead atoms. The summed E-state index contributed by atoms with van der Waals surface area (Å²) in [7, 11) is 0.